The van der Waals surface area contributed by atoms with Gasteiger partial charge in [-0.15, -0.1) is 0 Å². The van der Waals surface area contributed by atoms with Gasteiger partial charge in [0.25, 0.3) is 0 Å². The highest BCUT2D eigenvalue weighted by atomic mass is 19.4. The van der Waals surface area contributed by atoms with Crippen LogP contribution in [0.2, 0.25) is 0 Å². The monoisotopic (exact) mass is 226 g/mol. The molecule has 0 saturated carbocycles. The van der Waals surface area contributed by atoms with Gasteiger partial charge in [0, 0.05) is 13.1 Å². The maximum atomic E-state index is 11.9. The fraction of sp³-hybridized carbons (Fsp3) is 1.00. The second-order valence-corrected chi connectivity index (χ2v) is 4.02. The van der Waals surface area contributed by atoms with Crippen LogP contribution in [0.4, 0.5) is 13.2 Å². The Morgan fingerprint density at radius 1 is 1.33 bits per heavy atom. The Bertz CT molecular complexity index is 159. The first-order valence-electron chi connectivity index (χ1n) is 5.34. The quantitative estimate of drug-likeness (QED) is 0.721. The van der Waals surface area contributed by atoms with Gasteiger partial charge in [0.1, 0.15) is 0 Å². The van der Waals surface area contributed by atoms with Crippen LogP contribution in [0.25, 0.3) is 0 Å². The van der Waals surface area contributed by atoms with E-state index in [1.54, 1.807) is 11.9 Å². The van der Waals surface area contributed by atoms with Crippen LogP contribution in [0.15, 0.2) is 0 Å². The molecule has 0 aromatic rings. The van der Waals surface area contributed by atoms with E-state index in [2.05, 4.69) is 6.92 Å². The molecule has 0 bridgehead atoms. The Morgan fingerprint density at radius 3 is 2.33 bits per heavy atom. The molecule has 2 N–H and O–H groups in total. The molecular weight excluding hydrogens is 205 g/mol. The molecule has 0 spiro atoms. The maximum absolute atomic E-state index is 11.9. The number of alkyl halides is 3. The maximum Gasteiger partial charge on any atom is 0.390 e. The van der Waals surface area contributed by atoms with Crippen molar-refractivity contribution >= 4 is 0 Å². The Morgan fingerprint density at radius 2 is 1.93 bits per heavy atom. The van der Waals surface area contributed by atoms with E-state index in [1.807, 2.05) is 0 Å². The lowest BCUT2D eigenvalue weighted by Gasteiger charge is -2.23. The van der Waals surface area contributed by atoms with Crippen molar-refractivity contribution in [3.8, 4) is 0 Å². The van der Waals surface area contributed by atoms with Gasteiger partial charge in [0.2, 0.25) is 0 Å². The highest BCUT2D eigenvalue weighted by Crippen LogP contribution is 2.19. The Labute approximate surface area is 89.6 Å². The summed E-state index contributed by atoms with van der Waals surface area (Å²) in [6, 6.07) is 0. The number of rotatable bonds is 7. The highest BCUT2D eigenvalue weighted by Gasteiger charge is 2.27. The zero-order valence-electron chi connectivity index (χ0n) is 9.48. The second-order valence-electron chi connectivity index (χ2n) is 4.02. The third-order valence-corrected chi connectivity index (χ3v) is 2.38. The van der Waals surface area contributed by atoms with Crippen LogP contribution in [0, 0.1) is 5.92 Å². The van der Waals surface area contributed by atoms with Crippen LogP contribution in [0.3, 0.4) is 0 Å². The molecule has 0 heterocycles. The van der Waals surface area contributed by atoms with Crippen molar-refractivity contribution in [2.24, 2.45) is 11.7 Å². The van der Waals surface area contributed by atoms with Crippen molar-refractivity contribution in [2.75, 3.05) is 26.7 Å². The standard InChI is InChI=1S/C10H21F3N2/c1-3-4-9(7-14)8-15(2)6-5-10(11,12)13/h9H,3-8,14H2,1-2H3. The minimum Gasteiger partial charge on any atom is -0.330 e. The molecule has 15 heavy (non-hydrogen) atoms. The summed E-state index contributed by atoms with van der Waals surface area (Å²) in [6.45, 7) is 3.31. The average molecular weight is 226 g/mol. The van der Waals surface area contributed by atoms with E-state index in [0.29, 0.717) is 19.0 Å². The first-order chi connectivity index (χ1) is 6.89. The van der Waals surface area contributed by atoms with Crippen LogP contribution in [0.1, 0.15) is 26.2 Å². The van der Waals surface area contributed by atoms with Gasteiger partial charge in [-0.05, 0) is 25.9 Å². The largest absolute Gasteiger partial charge is 0.390 e. The smallest absolute Gasteiger partial charge is 0.330 e. The zero-order valence-corrected chi connectivity index (χ0v) is 9.48. The lowest BCUT2D eigenvalue weighted by Crippen LogP contribution is -2.32. The van der Waals surface area contributed by atoms with E-state index in [1.165, 1.54) is 0 Å². The summed E-state index contributed by atoms with van der Waals surface area (Å²) < 4.78 is 35.8. The van der Waals surface area contributed by atoms with E-state index >= 15 is 0 Å². The van der Waals surface area contributed by atoms with Crippen molar-refractivity contribution in [3.05, 3.63) is 0 Å². The van der Waals surface area contributed by atoms with Crippen molar-refractivity contribution in [3.63, 3.8) is 0 Å². The number of nitrogens with two attached hydrogens (primary N) is 1. The molecule has 0 aromatic carbocycles. The predicted molar refractivity (Wildman–Crippen MR) is 55.6 cm³/mol. The summed E-state index contributed by atoms with van der Waals surface area (Å²) in [5.74, 6) is 0.313. The molecular formula is C10H21F3N2. The van der Waals surface area contributed by atoms with Crippen LogP contribution < -0.4 is 5.73 Å². The number of nitrogens with zero attached hydrogens (tertiary/aromatic N) is 1. The van der Waals surface area contributed by atoms with Crippen LogP contribution in [-0.2, 0) is 0 Å². The molecule has 1 atom stereocenters. The lowest BCUT2D eigenvalue weighted by atomic mass is 10.0. The molecule has 1 unspecified atom stereocenters. The fourth-order valence-corrected chi connectivity index (χ4v) is 1.54. The van der Waals surface area contributed by atoms with Gasteiger partial charge >= 0.3 is 6.18 Å². The van der Waals surface area contributed by atoms with Gasteiger partial charge < -0.3 is 10.6 Å². The molecule has 0 aliphatic carbocycles. The molecule has 0 radical (unpaired) electrons. The number of halogens is 3. The van der Waals surface area contributed by atoms with Crippen LogP contribution in [0.5, 0.6) is 0 Å². The minimum atomic E-state index is -4.06. The SMILES string of the molecule is CCCC(CN)CN(C)CCC(F)(F)F. The second kappa shape index (κ2) is 7.06. The first kappa shape index (κ1) is 14.7. The number of hydrogen-bond acceptors (Lipinski definition) is 2. The Balaban J connectivity index is 3.75. The summed E-state index contributed by atoms with van der Waals surface area (Å²) in [5, 5.41) is 0. The molecule has 5 heteroatoms. The summed E-state index contributed by atoms with van der Waals surface area (Å²) in [6.07, 6.45) is -2.80. The summed E-state index contributed by atoms with van der Waals surface area (Å²) >= 11 is 0. The summed E-state index contributed by atoms with van der Waals surface area (Å²) in [5.41, 5.74) is 5.54. The van der Waals surface area contributed by atoms with Gasteiger partial charge in [-0.1, -0.05) is 13.3 Å². The normalized spacial score (nSPS) is 14.6. The molecule has 0 saturated heterocycles. The minimum absolute atomic E-state index is 0.0592. The fourth-order valence-electron chi connectivity index (χ4n) is 1.54. The summed E-state index contributed by atoms with van der Waals surface area (Å²) in [7, 11) is 1.71. The third-order valence-electron chi connectivity index (χ3n) is 2.38. The van der Waals surface area contributed by atoms with Gasteiger partial charge in [-0.2, -0.15) is 13.2 Å². The number of hydrogen-bond donors (Lipinski definition) is 1. The Kier molecular flexibility index (Phi) is 6.92. The lowest BCUT2D eigenvalue weighted by molar-refractivity contribution is -0.137. The van der Waals surface area contributed by atoms with Crippen molar-refractivity contribution in [2.45, 2.75) is 32.4 Å². The van der Waals surface area contributed by atoms with Gasteiger partial charge in [-0.3, -0.25) is 0 Å². The molecule has 0 rings (SSSR count). The molecule has 92 valence electrons. The highest BCUT2D eigenvalue weighted by molar-refractivity contribution is 4.65. The molecule has 0 aromatic heterocycles. The summed E-state index contributed by atoms with van der Waals surface area (Å²) in [4.78, 5) is 1.71. The van der Waals surface area contributed by atoms with Crippen molar-refractivity contribution in [1.82, 2.24) is 4.90 Å². The topological polar surface area (TPSA) is 29.3 Å². The van der Waals surface area contributed by atoms with E-state index in [0.717, 1.165) is 12.8 Å². The van der Waals surface area contributed by atoms with E-state index in [4.69, 9.17) is 5.73 Å². The predicted octanol–water partition coefficient (Wildman–Crippen LogP) is 2.25. The Hall–Kier alpha value is -0.290. The third kappa shape index (κ3) is 8.69. The molecule has 0 fully saturated rings. The van der Waals surface area contributed by atoms with Gasteiger partial charge in [0.05, 0.1) is 6.42 Å². The van der Waals surface area contributed by atoms with E-state index in [9.17, 15) is 13.2 Å². The van der Waals surface area contributed by atoms with Gasteiger partial charge in [-0.25, -0.2) is 0 Å². The van der Waals surface area contributed by atoms with Gasteiger partial charge in [0.15, 0.2) is 0 Å². The molecule has 2 nitrogen and oxygen atoms in total. The van der Waals surface area contributed by atoms with Crippen LogP contribution >= 0.6 is 0 Å². The van der Waals surface area contributed by atoms with E-state index < -0.39 is 12.6 Å². The average Bonchev–Trinajstić information content (AvgIpc) is 2.13. The van der Waals surface area contributed by atoms with Crippen molar-refractivity contribution in [1.29, 1.82) is 0 Å². The van der Waals surface area contributed by atoms with Crippen LogP contribution in [-0.4, -0.2) is 37.8 Å². The molecule has 0 aliphatic rings. The first-order valence-corrected chi connectivity index (χ1v) is 5.34. The molecule has 0 aliphatic heterocycles. The molecule has 0 amide bonds. The zero-order chi connectivity index (χ0) is 11.9. The van der Waals surface area contributed by atoms with Crippen molar-refractivity contribution < 1.29 is 13.2 Å². The van der Waals surface area contributed by atoms with E-state index in [-0.39, 0.29) is 6.54 Å².